The quantitative estimate of drug-likeness (QED) is 0.200. The molecule has 0 saturated carbocycles. The number of nitrogens with zero attached hydrogens (tertiary/aromatic N) is 2. The number of nitrogen functional groups attached to an aromatic ring is 1. The van der Waals surface area contributed by atoms with Crippen LogP contribution in [0.15, 0.2) is 17.1 Å². The largest absolute Gasteiger partial charge is 0.789 e. The number of aliphatic hydroxyl groups is 1. The van der Waals surface area contributed by atoms with Gasteiger partial charge in [-0.3, -0.25) is 13.4 Å². The van der Waals surface area contributed by atoms with E-state index in [1.165, 1.54) is 12.3 Å². The van der Waals surface area contributed by atoms with Crippen LogP contribution in [-0.4, -0.2) is 49.8 Å². The van der Waals surface area contributed by atoms with Crippen molar-refractivity contribution >= 4 is 35.4 Å². The normalized spacial score (nSPS) is 25.6. The van der Waals surface area contributed by atoms with Gasteiger partial charge >= 0.3 is 21.3 Å². The Morgan fingerprint density at radius 1 is 1.28 bits per heavy atom. The first kappa shape index (κ1) is 27.0. The maximum atomic E-state index is 12.1. The second-order valence-corrected chi connectivity index (χ2v) is 10.5. The van der Waals surface area contributed by atoms with Crippen molar-refractivity contribution < 1.29 is 56.3 Å². The fraction of sp³-hybridized carbons (Fsp3) is 0.500. The zero-order valence-corrected chi connectivity index (χ0v) is 18.6. The summed E-state index contributed by atoms with van der Waals surface area (Å²) in [5, 5.41) is 10.1. The van der Waals surface area contributed by atoms with Gasteiger partial charge in [-0.2, -0.15) is 9.29 Å². The highest BCUT2D eigenvalue weighted by molar-refractivity contribution is 7.66. The number of nitrogens with two attached hydrogens (primary N) is 2. The van der Waals surface area contributed by atoms with Gasteiger partial charge < -0.3 is 45.4 Å². The van der Waals surface area contributed by atoms with Crippen molar-refractivity contribution in [2.45, 2.75) is 24.9 Å². The summed E-state index contributed by atoms with van der Waals surface area (Å²) in [5.74, 6) is -0.0795. The molecule has 0 radical (unpaired) electrons. The van der Waals surface area contributed by atoms with E-state index in [1.807, 2.05) is 0 Å². The Morgan fingerprint density at radius 3 is 2.53 bits per heavy atom. The van der Waals surface area contributed by atoms with E-state index in [9.17, 15) is 38.3 Å². The fourth-order valence-corrected chi connectivity index (χ4v) is 5.49. The molecule has 1 fully saturated rings. The first-order valence-electron chi connectivity index (χ1n) is 8.46. The number of phosphoric ester groups is 1. The molecule has 0 aliphatic carbocycles. The van der Waals surface area contributed by atoms with Crippen LogP contribution in [0.1, 0.15) is 18.2 Å². The van der Waals surface area contributed by atoms with E-state index in [0.717, 1.165) is 4.57 Å². The molecule has 5 atom stereocenters. The van der Waals surface area contributed by atoms with Crippen LogP contribution in [0.2, 0.25) is 0 Å². The van der Waals surface area contributed by atoms with Crippen LogP contribution in [0.3, 0.4) is 0 Å². The molecule has 1 aromatic heterocycles. The van der Waals surface area contributed by atoms with Crippen LogP contribution in [0.25, 0.3) is 6.08 Å². The van der Waals surface area contributed by atoms with E-state index in [2.05, 4.69) is 18.1 Å². The average Bonchev–Trinajstić information content (AvgIpc) is 2.97. The molecule has 182 valence electrons. The fourth-order valence-electron chi connectivity index (χ4n) is 2.53. The second-order valence-electron chi connectivity index (χ2n) is 6.19. The number of hydrogen-bond donors (Lipinski definition) is 5. The molecule has 1 aliphatic rings. The third kappa shape index (κ3) is 7.93. The Kier molecular flexibility index (Phi) is 8.70. The number of hydrogen-bond acceptors (Lipinski definition) is 14. The van der Waals surface area contributed by atoms with Crippen molar-refractivity contribution in [2.75, 3.05) is 18.9 Å². The molecule has 1 aromatic rings. The van der Waals surface area contributed by atoms with Gasteiger partial charge in [-0.1, -0.05) is 12.2 Å². The van der Waals surface area contributed by atoms with Crippen molar-refractivity contribution in [3.63, 3.8) is 0 Å². The van der Waals surface area contributed by atoms with Crippen LogP contribution in [0, 0.1) is 0 Å². The highest BCUT2D eigenvalue weighted by Gasteiger charge is 2.40. The summed E-state index contributed by atoms with van der Waals surface area (Å²) >= 11 is 0. The van der Waals surface area contributed by atoms with Gasteiger partial charge in [0.1, 0.15) is 18.1 Å². The molecular formula is C12H19N4O13P3-2. The number of aromatic nitrogens is 2. The highest BCUT2D eigenvalue weighted by atomic mass is 31.3. The molecule has 0 amide bonds. The van der Waals surface area contributed by atoms with E-state index >= 15 is 0 Å². The molecule has 5 unspecified atom stereocenters. The molecule has 2 heterocycles. The lowest BCUT2D eigenvalue weighted by atomic mass is 10.2. The lowest BCUT2D eigenvalue weighted by molar-refractivity contribution is -0.334. The topological polar surface area (TPSA) is 282 Å². The third-order valence-corrected chi connectivity index (χ3v) is 7.52. The van der Waals surface area contributed by atoms with Crippen molar-refractivity contribution in [3.8, 4) is 0 Å². The van der Waals surface area contributed by atoms with E-state index in [-0.39, 0.29) is 18.8 Å². The van der Waals surface area contributed by atoms with Crippen LogP contribution < -0.4 is 26.9 Å². The van der Waals surface area contributed by atoms with E-state index in [1.54, 1.807) is 6.08 Å². The van der Waals surface area contributed by atoms with Crippen LogP contribution >= 0.6 is 23.5 Å². The maximum Gasteiger partial charge on any atom is 0.484 e. The standard InChI is InChI=1S/C12H21N4O13P3/c13-3-1-2-7-5-16(12(18)15-11(7)14)10-4-8(17)9(27-10)6-26-31(22,23)29-32(24,25)28-30(19,20)21/h1-2,5,8-10,17H,3-4,6,13H2,(H,22,23)(H,24,25)(H2,14,15,18)(H2,19,20,21)/p-2/b2-1+. The second kappa shape index (κ2) is 10.3. The number of aliphatic hydroxyl groups excluding tert-OH is 1. The number of rotatable bonds is 10. The first-order valence-corrected chi connectivity index (χ1v) is 12.9. The van der Waals surface area contributed by atoms with Gasteiger partial charge in [-0.15, -0.1) is 0 Å². The van der Waals surface area contributed by atoms with E-state index in [0.29, 0.717) is 5.56 Å². The molecule has 0 aromatic carbocycles. The van der Waals surface area contributed by atoms with Gasteiger partial charge in [-0.05, 0) is 0 Å². The molecule has 1 aliphatic heterocycles. The zero-order valence-electron chi connectivity index (χ0n) is 15.9. The SMILES string of the molecule is NC/C=C/c1cn(C2CC(O)C(COP(=O)(O)OP(=O)(O)OP(=O)([O-])[O-])O2)c(=O)nc1N. The van der Waals surface area contributed by atoms with Gasteiger partial charge in [0.15, 0.2) is 0 Å². The summed E-state index contributed by atoms with van der Waals surface area (Å²) in [6.07, 6.45) is 0.385. The predicted octanol–water partition coefficient (Wildman–Crippen LogP) is -2.47. The molecular weight excluding hydrogens is 501 g/mol. The summed E-state index contributed by atoms with van der Waals surface area (Å²) in [5.41, 5.74) is 10.5. The number of phosphoric acid groups is 3. The molecule has 32 heavy (non-hydrogen) atoms. The van der Waals surface area contributed by atoms with Gasteiger partial charge in [0.2, 0.25) is 0 Å². The Hall–Kier alpha value is -1.29. The van der Waals surface area contributed by atoms with Crippen LogP contribution in [0.4, 0.5) is 5.82 Å². The Morgan fingerprint density at radius 2 is 1.94 bits per heavy atom. The molecule has 1 saturated heterocycles. The number of anilines is 1. The maximum absolute atomic E-state index is 12.1. The third-order valence-electron chi connectivity index (χ3n) is 3.77. The van der Waals surface area contributed by atoms with Crippen LogP contribution in [0.5, 0.6) is 0 Å². The predicted molar refractivity (Wildman–Crippen MR) is 101 cm³/mol. The lowest BCUT2D eigenvalue weighted by Crippen LogP contribution is -2.29. The van der Waals surface area contributed by atoms with E-state index in [4.69, 9.17) is 21.1 Å². The summed E-state index contributed by atoms with van der Waals surface area (Å²) < 4.78 is 51.0. The minimum absolute atomic E-state index is 0.0795. The molecule has 20 heteroatoms. The first-order chi connectivity index (χ1) is 14.6. The van der Waals surface area contributed by atoms with Gasteiger partial charge in [0.05, 0.1) is 20.5 Å². The molecule has 0 bridgehead atoms. The van der Waals surface area contributed by atoms with Crippen molar-refractivity contribution in [1.29, 1.82) is 0 Å². The molecule has 17 nitrogen and oxygen atoms in total. The van der Waals surface area contributed by atoms with Gasteiger partial charge in [0, 0.05) is 24.7 Å². The van der Waals surface area contributed by atoms with Gasteiger partial charge in [-0.25, -0.2) is 13.9 Å². The molecule has 0 spiro atoms. The summed E-state index contributed by atoms with van der Waals surface area (Å²) in [6.45, 7) is -0.720. The summed E-state index contributed by atoms with van der Waals surface area (Å²) in [6, 6.07) is 0. The molecule has 2 rings (SSSR count). The van der Waals surface area contributed by atoms with Crippen LogP contribution in [-0.2, 0) is 31.6 Å². The Bertz CT molecular complexity index is 1060. The average molecular weight is 520 g/mol. The minimum atomic E-state index is -6.03. The Labute approximate surface area is 179 Å². The Balaban J connectivity index is 2.07. The van der Waals surface area contributed by atoms with E-state index < -0.39 is 54.2 Å². The van der Waals surface area contributed by atoms with Crippen molar-refractivity contribution in [3.05, 3.63) is 28.3 Å². The highest BCUT2D eigenvalue weighted by Crippen LogP contribution is 2.64. The summed E-state index contributed by atoms with van der Waals surface area (Å²) in [4.78, 5) is 55.0. The van der Waals surface area contributed by atoms with Crippen molar-refractivity contribution in [2.24, 2.45) is 5.73 Å². The van der Waals surface area contributed by atoms with Crippen molar-refractivity contribution in [1.82, 2.24) is 9.55 Å². The minimum Gasteiger partial charge on any atom is -0.789 e. The lowest BCUT2D eigenvalue weighted by Gasteiger charge is -2.29. The number of ether oxygens (including phenoxy) is 1. The van der Waals surface area contributed by atoms with Gasteiger partial charge in [0.25, 0.3) is 0 Å². The monoisotopic (exact) mass is 520 g/mol. The zero-order chi connectivity index (χ0) is 24.3. The summed E-state index contributed by atoms with van der Waals surface area (Å²) in [7, 11) is -17.3. The smallest absolute Gasteiger partial charge is 0.484 e. The molecule has 7 N–H and O–H groups in total.